The van der Waals surface area contributed by atoms with Crippen molar-refractivity contribution in [3.8, 4) is 0 Å². The number of Topliss-reactive ketones (excluding diaryl/α,β-unsaturated/α-hetero) is 1. The number of carbonyl (C=O) groups excluding carboxylic acids is 2. The number of hydrogen-bond donors (Lipinski definition) is 1. The van der Waals surface area contributed by atoms with Crippen LogP contribution >= 0.6 is 0 Å². The van der Waals surface area contributed by atoms with E-state index in [1.54, 1.807) is 0 Å². The van der Waals surface area contributed by atoms with E-state index in [0.717, 1.165) is 18.6 Å². The fourth-order valence-corrected chi connectivity index (χ4v) is 2.43. The largest absolute Gasteiger partial charge is 0.381 e. The average molecular weight is 275 g/mol. The van der Waals surface area contributed by atoms with Crippen LogP contribution in [0.4, 0.5) is 0 Å². The van der Waals surface area contributed by atoms with Gasteiger partial charge in [0.1, 0.15) is 6.04 Å². The molecule has 0 bridgehead atoms. The number of ether oxygens (including phenoxy) is 1. The van der Waals surface area contributed by atoms with Crippen molar-refractivity contribution in [1.82, 2.24) is 5.32 Å². The smallest absolute Gasteiger partial charge is 0.221 e. The predicted octanol–water partition coefficient (Wildman–Crippen LogP) is 2.25. The maximum atomic E-state index is 12.1. The first-order valence-corrected chi connectivity index (χ1v) is 7.15. The zero-order valence-electron chi connectivity index (χ0n) is 11.8. The van der Waals surface area contributed by atoms with Crippen LogP contribution in [0.25, 0.3) is 0 Å². The molecule has 0 spiro atoms. The van der Waals surface area contributed by atoms with E-state index in [9.17, 15) is 9.59 Å². The number of amides is 1. The molecule has 0 radical (unpaired) electrons. The monoisotopic (exact) mass is 275 g/mol. The molecule has 1 N–H and O–H groups in total. The molecule has 1 unspecified atom stereocenters. The number of benzene rings is 1. The third kappa shape index (κ3) is 3.90. The van der Waals surface area contributed by atoms with Crippen molar-refractivity contribution < 1.29 is 14.3 Å². The molecule has 0 aromatic heterocycles. The van der Waals surface area contributed by atoms with Crippen LogP contribution in [0.3, 0.4) is 0 Å². The lowest BCUT2D eigenvalue weighted by Gasteiger charge is -2.18. The van der Waals surface area contributed by atoms with Crippen molar-refractivity contribution in [2.75, 3.05) is 13.2 Å². The van der Waals surface area contributed by atoms with Crippen LogP contribution in [0.5, 0.6) is 0 Å². The van der Waals surface area contributed by atoms with Gasteiger partial charge in [0, 0.05) is 26.1 Å². The second kappa shape index (κ2) is 7.20. The number of ketones is 1. The highest BCUT2D eigenvalue weighted by atomic mass is 16.5. The van der Waals surface area contributed by atoms with Crippen LogP contribution in [0.15, 0.2) is 30.3 Å². The van der Waals surface area contributed by atoms with E-state index in [1.165, 1.54) is 0 Å². The van der Waals surface area contributed by atoms with Gasteiger partial charge in [-0.15, -0.1) is 0 Å². The van der Waals surface area contributed by atoms with E-state index in [0.29, 0.717) is 19.4 Å². The first-order chi connectivity index (χ1) is 9.70. The molecule has 2 atom stereocenters. The molecule has 1 heterocycles. The van der Waals surface area contributed by atoms with E-state index >= 15 is 0 Å². The lowest BCUT2D eigenvalue weighted by atomic mass is 9.99. The number of carbonyl (C=O) groups is 2. The van der Waals surface area contributed by atoms with Crippen molar-refractivity contribution in [2.24, 2.45) is 5.92 Å². The minimum Gasteiger partial charge on any atom is -0.381 e. The Balaban J connectivity index is 2.00. The molecule has 1 aromatic rings. The summed E-state index contributed by atoms with van der Waals surface area (Å²) in [6, 6.07) is 8.86. The summed E-state index contributed by atoms with van der Waals surface area (Å²) in [6.45, 7) is 3.19. The molecule has 1 aliphatic rings. The molecule has 1 aromatic carbocycles. The maximum absolute atomic E-state index is 12.1. The SMILES string of the molecule is CCC(=O)[C@H](NC(=O)CC1CCOC1)c1ccccc1. The van der Waals surface area contributed by atoms with Gasteiger partial charge >= 0.3 is 0 Å². The lowest BCUT2D eigenvalue weighted by Crippen LogP contribution is -2.34. The topological polar surface area (TPSA) is 55.4 Å². The van der Waals surface area contributed by atoms with Gasteiger partial charge in [0.2, 0.25) is 5.91 Å². The molecule has 108 valence electrons. The maximum Gasteiger partial charge on any atom is 0.221 e. The van der Waals surface area contributed by atoms with Gasteiger partial charge in [-0.05, 0) is 17.9 Å². The molecule has 2 rings (SSSR count). The van der Waals surface area contributed by atoms with Crippen molar-refractivity contribution in [1.29, 1.82) is 0 Å². The number of rotatable bonds is 6. The predicted molar refractivity (Wildman–Crippen MR) is 76.2 cm³/mol. The third-order valence-electron chi connectivity index (χ3n) is 3.61. The molecular formula is C16H21NO3. The van der Waals surface area contributed by atoms with Crippen LogP contribution in [0.2, 0.25) is 0 Å². The second-order valence-electron chi connectivity index (χ2n) is 5.16. The van der Waals surface area contributed by atoms with Gasteiger partial charge in [-0.3, -0.25) is 9.59 Å². The summed E-state index contributed by atoms with van der Waals surface area (Å²) < 4.78 is 5.27. The summed E-state index contributed by atoms with van der Waals surface area (Å²) >= 11 is 0. The zero-order chi connectivity index (χ0) is 14.4. The van der Waals surface area contributed by atoms with E-state index in [1.807, 2.05) is 37.3 Å². The third-order valence-corrected chi connectivity index (χ3v) is 3.61. The van der Waals surface area contributed by atoms with Crippen molar-refractivity contribution >= 4 is 11.7 Å². The molecular weight excluding hydrogens is 254 g/mol. The Morgan fingerprint density at radius 3 is 2.70 bits per heavy atom. The molecule has 0 aliphatic carbocycles. The quantitative estimate of drug-likeness (QED) is 0.866. The first-order valence-electron chi connectivity index (χ1n) is 7.15. The van der Waals surface area contributed by atoms with Crippen molar-refractivity contribution in [3.63, 3.8) is 0 Å². The van der Waals surface area contributed by atoms with Gasteiger partial charge in [-0.1, -0.05) is 37.3 Å². The van der Waals surface area contributed by atoms with E-state index in [2.05, 4.69) is 5.32 Å². The summed E-state index contributed by atoms with van der Waals surface area (Å²) in [6.07, 6.45) is 1.76. The lowest BCUT2D eigenvalue weighted by molar-refractivity contribution is -0.128. The molecule has 20 heavy (non-hydrogen) atoms. The summed E-state index contributed by atoms with van der Waals surface area (Å²) in [5, 5.41) is 2.87. The van der Waals surface area contributed by atoms with Gasteiger partial charge in [-0.25, -0.2) is 0 Å². The Labute approximate surface area is 119 Å². The molecule has 1 fully saturated rings. The van der Waals surface area contributed by atoms with Gasteiger partial charge in [0.25, 0.3) is 0 Å². The summed E-state index contributed by atoms with van der Waals surface area (Å²) in [4.78, 5) is 24.1. The highest BCUT2D eigenvalue weighted by Crippen LogP contribution is 2.19. The summed E-state index contributed by atoms with van der Waals surface area (Å²) in [5.41, 5.74) is 0.843. The van der Waals surface area contributed by atoms with Crippen molar-refractivity contribution in [2.45, 2.75) is 32.2 Å². The van der Waals surface area contributed by atoms with Gasteiger partial charge in [-0.2, -0.15) is 0 Å². The van der Waals surface area contributed by atoms with E-state index < -0.39 is 6.04 Å². The fourth-order valence-electron chi connectivity index (χ4n) is 2.43. The molecule has 4 heteroatoms. The highest BCUT2D eigenvalue weighted by Gasteiger charge is 2.24. The van der Waals surface area contributed by atoms with E-state index in [4.69, 9.17) is 4.74 Å². The van der Waals surface area contributed by atoms with Crippen LogP contribution in [-0.2, 0) is 14.3 Å². The Kier molecular flexibility index (Phi) is 5.30. The Hall–Kier alpha value is -1.68. The zero-order valence-corrected chi connectivity index (χ0v) is 11.8. The minimum atomic E-state index is -0.531. The molecule has 4 nitrogen and oxygen atoms in total. The normalized spacial score (nSPS) is 19.6. The van der Waals surface area contributed by atoms with Crippen LogP contribution in [-0.4, -0.2) is 24.9 Å². The van der Waals surface area contributed by atoms with Gasteiger partial charge in [0.05, 0.1) is 0 Å². The second-order valence-corrected chi connectivity index (χ2v) is 5.16. The standard InChI is InChI=1S/C16H21NO3/c1-2-14(18)16(13-6-4-3-5-7-13)17-15(19)10-12-8-9-20-11-12/h3-7,12,16H,2,8-11H2,1H3,(H,17,19)/t12?,16-/m1/s1. The molecule has 1 amide bonds. The number of nitrogens with one attached hydrogen (secondary N) is 1. The summed E-state index contributed by atoms with van der Waals surface area (Å²) in [7, 11) is 0. The number of hydrogen-bond acceptors (Lipinski definition) is 3. The van der Waals surface area contributed by atoms with Crippen LogP contribution in [0, 0.1) is 5.92 Å². The summed E-state index contributed by atoms with van der Waals surface area (Å²) in [5.74, 6) is 0.242. The Morgan fingerprint density at radius 1 is 1.35 bits per heavy atom. The molecule has 0 saturated carbocycles. The van der Waals surface area contributed by atoms with Crippen molar-refractivity contribution in [3.05, 3.63) is 35.9 Å². The molecule has 1 aliphatic heterocycles. The fraction of sp³-hybridized carbons (Fsp3) is 0.500. The molecule has 1 saturated heterocycles. The highest BCUT2D eigenvalue weighted by molar-refractivity contribution is 5.89. The minimum absolute atomic E-state index is 0.0345. The van der Waals surface area contributed by atoms with Crippen LogP contribution in [0.1, 0.15) is 37.8 Å². The Morgan fingerprint density at radius 2 is 2.10 bits per heavy atom. The Bertz CT molecular complexity index is 452. The average Bonchev–Trinajstić information content (AvgIpc) is 2.97. The first kappa shape index (κ1) is 14.7. The van der Waals surface area contributed by atoms with Crippen LogP contribution < -0.4 is 5.32 Å². The van der Waals surface area contributed by atoms with E-state index in [-0.39, 0.29) is 17.6 Å². The van der Waals surface area contributed by atoms with Gasteiger partial charge in [0.15, 0.2) is 5.78 Å². The van der Waals surface area contributed by atoms with Gasteiger partial charge < -0.3 is 10.1 Å².